The van der Waals surface area contributed by atoms with Gasteiger partial charge in [-0.25, -0.2) is 0 Å². The van der Waals surface area contributed by atoms with Crippen molar-refractivity contribution in [3.63, 3.8) is 0 Å². The third-order valence-electron chi connectivity index (χ3n) is 4.35. The molecule has 3 rings (SSSR count). The van der Waals surface area contributed by atoms with Crippen molar-refractivity contribution >= 4 is 11.8 Å². The number of benzene rings is 1. The Morgan fingerprint density at radius 2 is 1.60 bits per heavy atom. The van der Waals surface area contributed by atoms with Crippen molar-refractivity contribution in [3.8, 4) is 0 Å². The van der Waals surface area contributed by atoms with E-state index in [0.717, 1.165) is 5.56 Å². The summed E-state index contributed by atoms with van der Waals surface area (Å²) >= 11 is 0. The third kappa shape index (κ3) is 3.55. The highest BCUT2D eigenvalue weighted by molar-refractivity contribution is 5.96. The molecule has 7 nitrogen and oxygen atoms in total. The van der Waals surface area contributed by atoms with Crippen molar-refractivity contribution in [1.29, 1.82) is 0 Å². The summed E-state index contributed by atoms with van der Waals surface area (Å²) in [6.07, 6.45) is 0. The summed E-state index contributed by atoms with van der Waals surface area (Å²) in [4.78, 5) is 28.5. The number of carbonyl (C=O) groups excluding carboxylic acids is 2. The van der Waals surface area contributed by atoms with Gasteiger partial charge in [0.2, 0.25) is 5.89 Å². The van der Waals surface area contributed by atoms with E-state index in [1.807, 2.05) is 45.0 Å². The second-order valence-corrected chi connectivity index (χ2v) is 6.50. The molecule has 0 atom stereocenters. The molecule has 0 unspecified atom stereocenters. The van der Waals surface area contributed by atoms with E-state index in [1.54, 1.807) is 9.80 Å². The summed E-state index contributed by atoms with van der Waals surface area (Å²) in [5, 5.41) is 7.73. The highest BCUT2D eigenvalue weighted by Gasteiger charge is 2.28. The quantitative estimate of drug-likeness (QED) is 0.853. The summed E-state index contributed by atoms with van der Waals surface area (Å²) in [7, 11) is 0. The van der Waals surface area contributed by atoms with Gasteiger partial charge in [0.1, 0.15) is 0 Å². The number of carbonyl (C=O) groups is 2. The molecule has 1 aliphatic heterocycles. The van der Waals surface area contributed by atoms with Crippen LogP contribution < -0.4 is 0 Å². The van der Waals surface area contributed by atoms with Crippen LogP contribution in [0, 0.1) is 6.92 Å². The Morgan fingerprint density at radius 3 is 2.16 bits per heavy atom. The van der Waals surface area contributed by atoms with Crippen LogP contribution in [0.15, 0.2) is 28.7 Å². The van der Waals surface area contributed by atoms with Gasteiger partial charge in [-0.05, 0) is 18.6 Å². The van der Waals surface area contributed by atoms with E-state index in [1.165, 1.54) is 0 Å². The van der Waals surface area contributed by atoms with Crippen LogP contribution in [0.3, 0.4) is 0 Å². The molecular weight excluding hydrogens is 320 g/mol. The van der Waals surface area contributed by atoms with E-state index in [2.05, 4.69) is 10.2 Å². The van der Waals surface area contributed by atoms with Crippen molar-refractivity contribution in [2.75, 3.05) is 26.2 Å². The minimum absolute atomic E-state index is 0.00471. The fourth-order valence-electron chi connectivity index (χ4n) is 2.79. The number of amides is 2. The fourth-order valence-corrected chi connectivity index (χ4v) is 2.79. The van der Waals surface area contributed by atoms with Crippen LogP contribution in [0.4, 0.5) is 0 Å². The molecule has 1 aromatic heterocycles. The lowest BCUT2D eigenvalue weighted by Gasteiger charge is -2.34. The van der Waals surface area contributed by atoms with Gasteiger partial charge in [0, 0.05) is 37.7 Å². The number of aryl methyl sites for hydroxylation is 1. The number of aromatic nitrogens is 2. The molecule has 0 bridgehead atoms. The van der Waals surface area contributed by atoms with Gasteiger partial charge in [0.15, 0.2) is 0 Å². The minimum atomic E-state index is -0.276. The lowest BCUT2D eigenvalue weighted by molar-refractivity contribution is 0.0512. The molecule has 0 N–H and O–H groups in total. The molecule has 1 aliphatic rings. The molecule has 7 heteroatoms. The van der Waals surface area contributed by atoms with E-state index in [0.29, 0.717) is 37.6 Å². The first-order valence-corrected chi connectivity index (χ1v) is 8.45. The molecule has 2 amide bonds. The Balaban J connectivity index is 1.62. The molecule has 132 valence electrons. The lowest BCUT2D eigenvalue weighted by atomic mass is 10.1. The lowest BCUT2D eigenvalue weighted by Crippen LogP contribution is -2.50. The summed E-state index contributed by atoms with van der Waals surface area (Å²) < 4.78 is 5.43. The molecular formula is C18H22N4O3. The molecule has 1 fully saturated rings. The summed E-state index contributed by atoms with van der Waals surface area (Å²) in [5.74, 6) is 0.282. The topological polar surface area (TPSA) is 79.5 Å². The Bertz CT molecular complexity index is 776. The van der Waals surface area contributed by atoms with Gasteiger partial charge >= 0.3 is 11.8 Å². The maximum atomic E-state index is 12.6. The van der Waals surface area contributed by atoms with Crippen LogP contribution in [0.25, 0.3) is 0 Å². The summed E-state index contributed by atoms with van der Waals surface area (Å²) in [6.45, 7) is 7.67. The van der Waals surface area contributed by atoms with Gasteiger partial charge in [0.05, 0.1) is 0 Å². The Hall–Kier alpha value is -2.70. The van der Waals surface area contributed by atoms with E-state index in [-0.39, 0.29) is 23.6 Å². The van der Waals surface area contributed by atoms with Crippen LogP contribution in [-0.2, 0) is 0 Å². The van der Waals surface area contributed by atoms with E-state index in [9.17, 15) is 9.59 Å². The number of hydrogen-bond acceptors (Lipinski definition) is 5. The maximum Gasteiger partial charge on any atom is 0.311 e. The van der Waals surface area contributed by atoms with Crippen LogP contribution in [-0.4, -0.2) is 58.0 Å². The van der Waals surface area contributed by atoms with E-state index in [4.69, 9.17) is 4.42 Å². The van der Waals surface area contributed by atoms with Gasteiger partial charge in [0.25, 0.3) is 5.91 Å². The standard InChI is InChI=1S/C18H22N4O3/c1-12(2)15-19-20-16(25-15)18(24)22-10-8-21(9-11-22)17(23)14-7-5-4-6-13(14)3/h4-7,12H,8-11H2,1-3H3. The average Bonchev–Trinajstić information content (AvgIpc) is 3.11. The van der Waals surface area contributed by atoms with Crippen LogP contribution >= 0.6 is 0 Å². The van der Waals surface area contributed by atoms with Crippen molar-refractivity contribution in [2.45, 2.75) is 26.7 Å². The highest BCUT2D eigenvalue weighted by Crippen LogP contribution is 2.16. The van der Waals surface area contributed by atoms with Crippen LogP contribution in [0.2, 0.25) is 0 Å². The van der Waals surface area contributed by atoms with Gasteiger partial charge in [-0.2, -0.15) is 0 Å². The smallest absolute Gasteiger partial charge is 0.311 e. The number of rotatable bonds is 3. The monoisotopic (exact) mass is 342 g/mol. The number of piperazine rings is 1. The molecule has 0 saturated carbocycles. The van der Waals surface area contributed by atoms with Crippen molar-refractivity contribution in [1.82, 2.24) is 20.0 Å². The zero-order valence-electron chi connectivity index (χ0n) is 14.7. The number of nitrogens with zero attached hydrogens (tertiary/aromatic N) is 4. The third-order valence-corrected chi connectivity index (χ3v) is 4.35. The first kappa shape index (κ1) is 17.1. The van der Waals surface area contributed by atoms with Crippen LogP contribution in [0.5, 0.6) is 0 Å². The van der Waals surface area contributed by atoms with Crippen molar-refractivity contribution in [3.05, 3.63) is 47.2 Å². The summed E-state index contributed by atoms with van der Waals surface area (Å²) in [5.41, 5.74) is 1.67. The zero-order valence-corrected chi connectivity index (χ0v) is 14.7. The first-order valence-electron chi connectivity index (χ1n) is 8.45. The SMILES string of the molecule is Cc1ccccc1C(=O)N1CCN(C(=O)c2nnc(C(C)C)o2)CC1. The molecule has 0 radical (unpaired) electrons. The molecule has 0 spiro atoms. The van der Waals surface area contributed by atoms with Crippen molar-refractivity contribution < 1.29 is 14.0 Å². The molecule has 1 saturated heterocycles. The van der Waals surface area contributed by atoms with E-state index < -0.39 is 0 Å². The average molecular weight is 342 g/mol. The molecule has 2 heterocycles. The van der Waals surface area contributed by atoms with Gasteiger partial charge in [-0.1, -0.05) is 32.0 Å². The second kappa shape index (κ2) is 7.04. The molecule has 2 aromatic rings. The number of hydrogen-bond donors (Lipinski definition) is 0. The molecule has 1 aromatic carbocycles. The van der Waals surface area contributed by atoms with Gasteiger partial charge < -0.3 is 14.2 Å². The van der Waals surface area contributed by atoms with Gasteiger partial charge in [-0.15, -0.1) is 10.2 Å². The largest absolute Gasteiger partial charge is 0.417 e. The maximum absolute atomic E-state index is 12.6. The highest BCUT2D eigenvalue weighted by atomic mass is 16.4. The molecule has 0 aliphatic carbocycles. The Labute approximate surface area is 146 Å². The van der Waals surface area contributed by atoms with Gasteiger partial charge in [-0.3, -0.25) is 9.59 Å². The fraction of sp³-hybridized carbons (Fsp3) is 0.444. The second-order valence-electron chi connectivity index (χ2n) is 6.50. The Kier molecular flexibility index (Phi) is 4.83. The minimum Gasteiger partial charge on any atom is -0.417 e. The molecule has 25 heavy (non-hydrogen) atoms. The summed E-state index contributed by atoms with van der Waals surface area (Å²) in [6, 6.07) is 7.54. The zero-order chi connectivity index (χ0) is 18.0. The van der Waals surface area contributed by atoms with Crippen molar-refractivity contribution in [2.24, 2.45) is 0 Å². The van der Waals surface area contributed by atoms with E-state index >= 15 is 0 Å². The predicted octanol–water partition coefficient (Wildman–Crippen LogP) is 2.10. The predicted molar refractivity (Wildman–Crippen MR) is 91.4 cm³/mol. The van der Waals surface area contributed by atoms with Crippen LogP contribution in [0.1, 0.15) is 52.3 Å². The normalized spacial score (nSPS) is 14.9. The first-order chi connectivity index (χ1) is 12.0. The Morgan fingerprint density at radius 1 is 1.00 bits per heavy atom.